The van der Waals surface area contributed by atoms with Crippen molar-refractivity contribution in [2.45, 2.75) is 12.8 Å². The summed E-state index contributed by atoms with van der Waals surface area (Å²) in [4.78, 5) is 26.6. The summed E-state index contributed by atoms with van der Waals surface area (Å²) in [6, 6.07) is 17.3. The molecule has 0 bridgehead atoms. The summed E-state index contributed by atoms with van der Waals surface area (Å²) in [6.45, 7) is 1.88. The standard InChI is InChI=1S/C24H17I2N3O3S/c1-2-32-24(31)20-19(14-8-4-6-10-17(14)26)15(12-27)21(28)29-22(30)18(33-23(20)29)11-13-7-3-5-9-16(13)25/h3-11,19H,2,28H2,1H3/b18-11-. The maximum Gasteiger partial charge on any atom is 0.338 e. The average Bonchev–Trinajstić information content (AvgIpc) is 3.11. The van der Waals surface area contributed by atoms with E-state index in [0.29, 0.717) is 9.20 Å². The van der Waals surface area contributed by atoms with Gasteiger partial charge in [0.15, 0.2) is 0 Å². The lowest BCUT2D eigenvalue weighted by molar-refractivity contribution is -0.136. The lowest BCUT2D eigenvalue weighted by Crippen LogP contribution is -2.40. The molecule has 4 rings (SSSR count). The van der Waals surface area contributed by atoms with Gasteiger partial charge in [0, 0.05) is 7.14 Å². The minimum Gasteiger partial charge on any atom is -0.463 e. The zero-order valence-corrected chi connectivity index (χ0v) is 22.5. The summed E-state index contributed by atoms with van der Waals surface area (Å²) >= 11 is 5.55. The Morgan fingerprint density at radius 2 is 1.88 bits per heavy atom. The molecule has 0 amide bonds. The number of nitrogens with two attached hydrogens (primary N) is 1. The van der Waals surface area contributed by atoms with E-state index >= 15 is 0 Å². The molecule has 0 fully saturated rings. The second-order valence-electron chi connectivity index (χ2n) is 7.08. The van der Waals surface area contributed by atoms with Crippen LogP contribution >= 0.6 is 56.5 Å². The van der Waals surface area contributed by atoms with Crippen molar-refractivity contribution in [2.75, 3.05) is 6.61 Å². The van der Waals surface area contributed by atoms with Crippen molar-refractivity contribution in [3.8, 4) is 6.07 Å². The second kappa shape index (κ2) is 9.82. The molecule has 0 spiro atoms. The van der Waals surface area contributed by atoms with E-state index in [0.717, 1.165) is 18.3 Å². The predicted octanol–water partition coefficient (Wildman–Crippen LogP) is 3.11. The van der Waals surface area contributed by atoms with Gasteiger partial charge in [0.1, 0.15) is 10.5 Å². The van der Waals surface area contributed by atoms with Crippen molar-refractivity contribution in [1.29, 1.82) is 5.26 Å². The van der Waals surface area contributed by atoms with E-state index in [1.165, 1.54) is 15.9 Å². The molecule has 2 heterocycles. The number of thiazole rings is 1. The normalized spacial score (nSPS) is 15.9. The van der Waals surface area contributed by atoms with Gasteiger partial charge in [0.25, 0.3) is 5.56 Å². The van der Waals surface area contributed by atoms with Crippen LogP contribution in [0.2, 0.25) is 0 Å². The van der Waals surface area contributed by atoms with Crippen molar-refractivity contribution < 1.29 is 9.53 Å². The molecule has 0 aliphatic carbocycles. The summed E-state index contributed by atoms with van der Waals surface area (Å²) in [5.41, 5.74) is 8.06. The Labute approximate surface area is 221 Å². The van der Waals surface area contributed by atoms with Crippen LogP contribution < -0.4 is 20.5 Å². The molecule has 1 unspecified atom stereocenters. The number of nitriles is 1. The van der Waals surface area contributed by atoms with Crippen molar-refractivity contribution >= 4 is 80.0 Å². The largest absolute Gasteiger partial charge is 0.463 e. The van der Waals surface area contributed by atoms with Gasteiger partial charge >= 0.3 is 5.97 Å². The van der Waals surface area contributed by atoms with Gasteiger partial charge in [-0.3, -0.25) is 9.36 Å². The molecule has 1 atom stereocenters. The molecule has 1 aromatic heterocycles. The molecular weight excluding hydrogens is 664 g/mol. The van der Waals surface area contributed by atoms with E-state index in [9.17, 15) is 14.9 Å². The maximum absolute atomic E-state index is 13.4. The molecule has 1 aliphatic rings. The fraction of sp³-hybridized carbons (Fsp3) is 0.125. The third-order valence-corrected chi connectivity index (χ3v) is 8.25. The van der Waals surface area contributed by atoms with Gasteiger partial charge < -0.3 is 10.5 Å². The fourth-order valence-electron chi connectivity index (χ4n) is 3.71. The molecule has 166 valence electrons. The van der Waals surface area contributed by atoms with E-state index in [1.807, 2.05) is 48.5 Å². The van der Waals surface area contributed by atoms with E-state index in [-0.39, 0.29) is 29.1 Å². The Balaban J connectivity index is 2.14. The molecule has 2 aromatic carbocycles. The minimum atomic E-state index is -0.732. The van der Waals surface area contributed by atoms with Crippen LogP contribution in [0.25, 0.3) is 17.5 Å². The van der Waals surface area contributed by atoms with Crippen molar-refractivity contribution in [3.63, 3.8) is 0 Å². The van der Waals surface area contributed by atoms with Crippen LogP contribution in [0.4, 0.5) is 0 Å². The van der Waals surface area contributed by atoms with E-state index < -0.39 is 11.9 Å². The quantitative estimate of drug-likeness (QED) is 0.338. The maximum atomic E-state index is 13.4. The van der Waals surface area contributed by atoms with Crippen molar-refractivity contribution in [3.05, 3.63) is 91.9 Å². The number of halogens is 2. The summed E-state index contributed by atoms with van der Waals surface area (Å²) < 4.78 is 9.30. The van der Waals surface area contributed by atoms with Gasteiger partial charge in [-0.25, -0.2) is 4.79 Å². The molecule has 9 heteroatoms. The highest BCUT2D eigenvalue weighted by Crippen LogP contribution is 2.38. The molecule has 3 aromatic rings. The highest BCUT2D eigenvalue weighted by Gasteiger charge is 2.37. The first-order valence-electron chi connectivity index (χ1n) is 9.93. The van der Waals surface area contributed by atoms with Crippen molar-refractivity contribution in [2.24, 2.45) is 5.73 Å². The molecule has 1 aliphatic heterocycles. The number of esters is 1. The lowest BCUT2D eigenvalue weighted by atomic mass is 9.84. The SMILES string of the molecule is CCOC(=O)C1=c2s/c(=C\c3ccccc3I)c(=O)n2C(N)=C(C#N)C1c1ccccc1I. The first-order valence-corrected chi connectivity index (χ1v) is 12.9. The van der Waals surface area contributed by atoms with Gasteiger partial charge in [-0.15, -0.1) is 11.3 Å². The van der Waals surface area contributed by atoms with Crippen LogP contribution in [0.3, 0.4) is 0 Å². The number of nitrogens with zero attached hydrogens (tertiary/aromatic N) is 2. The predicted molar refractivity (Wildman–Crippen MR) is 146 cm³/mol. The number of aromatic nitrogens is 1. The number of benzene rings is 2. The van der Waals surface area contributed by atoms with Crippen LogP contribution in [0, 0.1) is 18.5 Å². The third-order valence-electron chi connectivity index (χ3n) is 5.17. The number of carbonyl (C=O) groups excluding carboxylic acids is 1. The Morgan fingerprint density at radius 3 is 2.52 bits per heavy atom. The first kappa shape index (κ1) is 23.7. The van der Waals surface area contributed by atoms with Crippen LogP contribution in [0.15, 0.2) is 58.9 Å². The number of hydrogen-bond donors (Lipinski definition) is 1. The minimum absolute atomic E-state index is 0.0360. The number of carbonyl (C=O) groups is 1. The molecule has 2 N–H and O–H groups in total. The highest BCUT2D eigenvalue weighted by molar-refractivity contribution is 14.1. The second-order valence-corrected chi connectivity index (χ2v) is 10.4. The van der Waals surface area contributed by atoms with Gasteiger partial charge in [-0.2, -0.15) is 5.26 Å². The van der Waals surface area contributed by atoms with Gasteiger partial charge in [-0.1, -0.05) is 36.4 Å². The first-order chi connectivity index (χ1) is 15.9. The Hall–Kier alpha value is -2.43. The van der Waals surface area contributed by atoms with Crippen LogP contribution in [0.5, 0.6) is 0 Å². The monoisotopic (exact) mass is 681 g/mol. The smallest absolute Gasteiger partial charge is 0.338 e. The van der Waals surface area contributed by atoms with Crippen LogP contribution in [-0.4, -0.2) is 17.1 Å². The topological polar surface area (TPSA) is 98.1 Å². The Morgan fingerprint density at radius 1 is 1.21 bits per heavy atom. The zero-order chi connectivity index (χ0) is 23.7. The van der Waals surface area contributed by atoms with Gasteiger partial charge in [-0.05, 0) is 81.4 Å². The van der Waals surface area contributed by atoms with E-state index in [1.54, 1.807) is 13.0 Å². The number of ether oxygens (including phenoxy) is 1. The summed E-state index contributed by atoms with van der Waals surface area (Å²) in [5.74, 6) is -1.27. The molecule has 33 heavy (non-hydrogen) atoms. The summed E-state index contributed by atoms with van der Waals surface area (Å²) in [6.07, 6.45) is 1.78. The number of rotatable bonds is 4. The lowest BCUT2D eigenvalue weighted by Gasteiger charge is -2.25. The number of fused-ring (bicyclic) bond motifs is 1. The highest BCUT2D eigenvalue weighted by atomic mass is 127. The van der Waals surface area contributed by atoms with E-state index in [4.69, 9.17) is 10.5 Å². The zero-order valence-electron chi connectivity index (χ0n) is 17.3. The van der Waals surface area contributed by atoms with Crippen LogP contribution in [-0.2, 0) is 9.53 Å². The molecule has 0 saturated heterocycles. The molecule has 0 saturated carbocycles. The fourth-order valence-corrected chi connectivity index (χ4v) is 6.11. The van der Waals surface area contributed by atoms with Crippen molar-refractivity contribution in [1.82, 2.24) is 4.57 Å². The molecular formula is C24H17I2N3O3S. The summed E-state index contributed by atoms with van der Waals surface area (Å²) in [7, 11) is 0. The molecule has 6 nitrogen and oxygen atoms in total. The number of hydrogen-bond acceptors (Lipinski definition) is 6. The average molecular weight is 681 g/mol. The third kappa shape index (κ3) is 4.27. The van der Waals surface area contributed by atoms with Crippen LogP contribution in [0.1, 0.15) is 24.0 Å². The van der Waals surface area contributed by atoms with Gasteiger partial charge in [0.05, 0.1) is 34.3 Å². The van der Waals surface area contributed by atoms with E-state index in [2.05, 4.69) is 51.3 Å². The summed E-state index contributed by atoms with van der Waals surface area (Å²) in [5, 5.41) is 10.0. The van der Waals surface area contributed by atoms with Gasteiger partial charge in [0.2, 0.25) is 0 Å². The Bertz CT molecular complexity index is 1530. The number of allylic oxidation sites excluding steroid dienone is 1. The molecule has 0 radical (unpaired) electrons. The Kier molecular flexibility index (Phi) is 7.06.